The lowest BCUT2D eigenvalue weighted by Gasteiger charge is -2.23. The summed E-state index contributed by atoms with van der Waals surface area (Å²) in [6.07, 6.45) is 0.0821. The van der Waals surface area contributed by atoms with Gasteiger partial charge < -0.3 is 10.6 Å². The number of sulfonamides is 1. The standard InChI is InChI=1S/C9H10N2O5S/c10-9(12)11-17(13,14)8-5-6-3-1-2-4-7(6)15-16-8/h1-4,8H,5H2,(H3,10,11,12). The fourth-order valence-corrected chi connectivity index (χ4v) is 2.39. The minimum Gasteiger partial charge on any atom is -0.351 e. The first kappa shape index (κ1) is 11.7. The summed E-state index contributed by atoms with van der Waals surface area (Å²) in [6.45, 7) is 0. The van der Waals surface area contributed by atoms with Gasteiger partial charge in [-0.3, -0.25) is 0 Å². The summed E-state index contributed by atoms with van der Waals surface area (Å²) in [5.41, 5.74) is 4.13. The van der Waals surface area contributed by atoms with Crippen molar-refractivity contribution in [2.75, 3.05) is 0 Å². The SMILES string of the molecule is NC(=O)NS(=O)(=O)C1Cc2ccccc2OO1. The largest absolute Gasteiger partial charge is 0.351 e. The molecule has 8 heteroatoms. The van der Waals surface area contributed by atoms with Gasteiger partial charge in [0.2, 0.25) is 5.44 Å². The molecular weight excluding hydrogens is 248 g/mol. The van der Waals surface area contributed by atoms with Crippen LogP contribution in [0, 0.1) is 0 Å². The highest BCUT2D eigenvalue weighted by atomic mass is 32.2. The maximum Gasteiger partial charge on any atom is 0.325 e. The summed E-state index contributed by atoms with van der Waals surface area (Å²) in [6, 6.07) is 5.69. The molecule has 0 saturated heterocycles. The second-order valence-electron chi connectivity index (χ2n) is 3.43. The van der Waals surface area contributed by atoms with Crippen LogP contribution < -0.4 is 15.3 Å². The molecule has 0 bridgehead atoms. The molecule has 1 heterocycles. The van der Waals surface area contributed by atoms with Crippen LogP contribution in [0.25, 0.3) is 0 Å². The van der Waals surface area contributed by atoms with Crippen LogP contribution in [0.2, 0.25) is 0 Å². The third kappa shape index (κ3) is 2.48. The van der Waals surface area contributed by atoms with E-state index in [0.29, 0.717) is 11.3 Å². The molecule has 1 aliphatic heterocycles. The number of urea groups is 1. The van der Waals surface area contributed by atoms with Gasteiger partial charge in [-0.15, -0.1) is 0 Å². The van der Waals surface area contributed by atoms with Gasteiger partial charge in [0, 0.05) is 12.0 Å². The highest BCUT2D eigenvalue weighted by molar-refractivity contribution is 7.90. The third-order valence-electron chi connectivity index (χ3n) is 2.19. The van der Waals surface area contributed by atoms with E-state index in [-0.39, 0.29) is 6.42 Å². The van der Waals surface area contributed by atoms with Crippen molar-refractivity contribution >= 4 is 16.1 Å². The highest BCUT2D eigenvalue weighted by Crippen LogP contribution is 2.27. The van der Waals surface area contributed by atoms with Gasteiger partial charge in [-0.25, -0.2) is 17.9 Å². The van der Waals surface area contributed by atoms with Crippen LogP contribution in [0.3, 0.4) is 0 Å². The number of nitrogens with one attached hydrogen (secondary N) is 1. The van der Waals surface area contributed by atoms with Crippen LogP contribution >= 0.6 is 0 Å². The van der Waals surface area contributed by atoms with Crippen LogP contribution in [0.1, 0.15) is 5.56 Å². The molecule has 0 fully saturated rings. The topological polar surface area (TPSA) is 108 Å². The van der Waals surface area contributed by atoms with Crippen LogP contribution in [0.4, 0.5) is 4.79 Å². The number of hydrogen-bond donors (Lipinski definition) is 2. The van der Waals surface area contributed by atoms with Gasteiger partial charge in [-0.05, 0) is 6.07 Å². The van der Waals surface area contributed by atoms with Crippen LogP contribution in [0.5, 0.6) is 5.75 Å². The predicted molar refractivity (Wildman–Crippen MR) is 57.3 cm³/mol. The molecule has 17 heavy (non-hydrogen) atoms. The molecule has 2 rings (SSSR count). The fourth-order valence-electron chi connectivity index (χ4n) is 1.44. The van der Waals surface area contributed by atoms with E-state index in [1.807, 2.05) is 0 Å². The van der Waals surface area contributed by atoms with Crippen molar-refractivity contribution in [1.29, 1.82) is 0 Å². The molecule has 7 nitrogen and oxygen atoms in total. The molecule has 1 unspecified atom stereocenters. The molecule has 0 saturated carbocycles. The Bertz CT molecular complexity index is 542. The fraction of sp³-hybridized carbons (Fsp3) is 0.222. The molecule has 92 valence electrons. The molecule has 0 spiro atoms. The summed E-state index contributed by atoms with van der Waals surface area (Å²) < 4.78 is 24.8. The average molecular weight is 258 g/mol. The van der Waals surface area contributed by atoms with Crippen molar-refractivity contribution in [3.8, 4) is 5.75 Å². The summed E-state index contributed by atoms with van der Waals surface area (Å²) in [4.78, 5) is 20.1. The van der Waals surface area contributed by atoms with Gasteiger partial charge in [0.25, 0.3) is 10.0 Å². The number of carbonyl (C=O) groups excluding carboxylic acids is 1. The predicted octanol–water partition coefficient (Wildman–Crippen LogP) is -0.123. The van der Waals surface area contributed by atoms with Gasteiger partial charge in [-0.1, -0.05) is 18.2 Å². The molecule has 0 radical (unpaired) electrons. The van der Waals surface area contributed by atoms with Crippen molar-refractivity contribution in [3.63, 3.8) is 0 Å². The Balaban J connectivity index is 2.20. The van der Waals surface area contributed by atoms with Crippen LogP contribution in [-0.4, -0.2) is 19.9 Å². The van der Waals surface area contributed by atoms with E-state index >= 15 is 0 Å². The second-order valence-corrected chi connectivity index (χ2v) is 5.25. The van der Waals surface area contributed by atoms with E-state index in [9.17, 15) is 13.2 Å². The molecule has 2 amide bonds. The van der Waals surface area contributed by atoms with E-state index in [0.717, 1.165) is 0 Å². The zero-order valence-corrected chi connectivity index (χ0v) is 9.44. The molecule has 3 N–H and O–H groups in total. The van der Waals surface area contributed by atoms with Gasteiger partial charge in [0.1, 0.15) is 0 Å². The monoisotopic (exact) mass is 258 g/mol. The first-order chi connectivity index (χ1) is 7.99. The van der Waals surface area contributed by atoms with E-state index in [1.165, 1.54) is 0 Å². The smallest absolute Gasteiger partial charge is 0.325 e. The van der Waals surface area contributed by atoms with Gasteiger partial charge in [-0.2, -0.15) is 4.89 Å². The summed E-state index contributed by atoms with van der Waals surface area (Å²) in [7, 11) is -4.00. The van der Waals surface area contributed by atoms with Crippen LogP contribution in [0.15, 0.2) is 24.3 Å². The van der Waals surface area contributed by atoms with Crippen molar-refractivity contribution in [2.45, 2.75) is 11.9 Å². The Hall–Kier alpha value is -1.80. The normalized spacial score (nSPS) is 18.9. The quantitative estimate of drug-likeness (QED) is 0.719. The number of amides is 2. The first-order valence-corrected chi connectivity index (χ1v) is 6.26. The maximum atomic E-state index is 11.6. The summed E-state index contributed by atoms with van der Waals surface area (Å²) in [5.74, 6) is 0.457. The number of primary amides is 1. The van der Waals surface area contributed by atoms with E-state index < -0.39 is 21.5 Å². The number of benzene rings is 1. The van der Waals surface area contributed by atoms with E-state index in [4.69, 9.17) is 15.5 Å². The zero-order valence-electron chi connectivity index (χ0n) is 8.62. The average Bonchev–Trinajstić information content (AvgIpc) is 2.26. The number of hydrogen-bond acceptors (Lipinski definition) is 5. The van der Waals surface area contributed by atoms with E-state index in [1.54, 1.807) is 29.0 Å². The lowest BCUT2D eigenvalue weighted by molar-refractivity contribution is -0.230. The lowest BCUT2D eigenvalue weighted by atomic mass is 10.1. The molecule has 0 aliphatic carbocycles. The lowest BCUT2D eigenvalue weighted by Crippen LogP contribution is -2.44. The number of carbonyl (C=O) groups is 1. The minimum absolute atomic E-state index is 0.0821. The summed E-state index contributed by atoms with van der Waals surface area (Å²) in [5, 5.41) is 0. The maximum absolute atomic E-state index is 11.6. The van der Waals surface area contributed by atoms with Gasteiger partial charge in [0.05, 0.1) is 0 Å². The minimum atomic E-state index is -4.00. The van der Waals surface area contributed by atoms with Crippen molar-refractivity contribution in [1.82, 2.24) is 4.72 Å². The van der Waals surface area contributed by atoms with Crippen LogP contribution in [-0.2, 0) is 21.3 Å². The molecule has 1 atom stereocenters. The third-order valence-corrected chi connectivity index (χ3v) is 3.62. The number of para-hydroxylation sites is 1. The van der Waals surface area contributed by atoms with Crippen molar-refractivity contribution in [2.24, 2.45) is 5.73 Å². The number of fused-ring (bicyclic) bond motifs is 1. The van der Waals surface area contributed by atoms with Gasteiger partial charge in [0.15, 0.2) is 5.75 Å². The Labute approximate surface area is 97.5 Å². The molecule has 1 aromatic rings. The Morgan fingerprint density at radius 2 is 2.12 bits per heavy atom. The first-order valence-electron chi connectivity index (χ1n) is 4.71. The second kappa shape index (κ2) is 4.22. The molecule has 1 aromatic carbocycles. The molecule has 1 aliphatic rings. The molecular formula is C9H10N2O5S. The highest BCUT2D eigenvalue weighted by Gasteiger charge is 2.33. The van der Waals surface area contributed by atoms with Crippen molar-refractivity contribution in [3.05, 3.63) is 29.8 Å². The number of rotatable bonds is 2. The van der Waals surface area contributed by atoms with Crippen molar-refractivity contribution < 1.29 is 23.0 Å². The van der Waals surface area contributed by atoms with Gasteiger partial charge >= 0.3 is 6.03 Å². The Morgan fingerprint density at radius 1 is 1.41 bits per heavy atom. The molecule has 0 aromatic heterocycles. The zero-order chi connectivity index (χ0) is 12.5. The summed E-state index contributed by atoms with van der Waals surface area (Å²) >= 11 is 0. The Morgan fingerprint density at radius 3 is 2.82 bits per heavy atom. The number of nitrogens with two attached hydrogens (primary N) is 1. The Kier molecular flexibility index (Phi) is 2.90. The van der Waals surface area contributed by atoms with E-state index in [2.05, 4.69) is 0 Å².